The van der Waals surface area contributed by atoms with Crippen molar-refractivity contribution < 1.29 is 14.6 Å². The van der Waals surface area contributed by atoms with Crippen LogP contribution >= 0.6 is 0 Å². The van der Waals surface area contributed by atoms with Crippen LogP contribution in [0.5, 0.6) is 11.5 Å². The van der Waals surface area contributed by atoms with Crippen molar-refractivity contribution in [3.63, 3.8) is 0 Å². The zero-order valence-electron chi connectivity index (χ0n) is 9.93. The second-order valence-corrected chi connectivity index (χ2v) is 3.72. The molecule has 3 N–H and O–H groups in total. The SMILES string of the molecule is COc1cccc(CN)c1OC(C)C(C)O. The van der Waals surface area contributed by atoms with E-state index in [-0.39, 0.29) is 6.10 Å². The molecule has 0 saturated carbocycles. The predicted octanol–water partition coefficient (Wildman–Crippen LogP) is 1.30. The van der Waals surface area contributed by atoms with Gasteiger partial charge in [0.1, 0.15) is 6.10 Å². The van der Waals surface area contributed by atoms with Crippen molar-refractivity contribution in [2.24, 2.45) is 5.73 Å². The zero-order chi connectivity index (χ0) is 12.1. The Morgan fingerprint density at radius 3 is 2.56 bits per heavy atom. The van der Waals surface area contributed by atoms with Crippen LogP contribution < -0.4 is 15.2 Å². The number of aliphatic hydroxyl groups excluding tert-OH is 1. The van der Waals surface area contributed by atoms with Gasteiger partial charge < -0.3 is 20.3 Å². The van der Waals surface area contributed by atoms with E-state index >= 15 is 0 Å². The second-order valence-electron chi connectivity index (χ2n) is 3.72. The van der Waals surface area contributed by atoms with E-state index in [2.05, 4.69) is 0 Å². The van der Waals surface area contributed by atoms with E-state index in [1.54, 1.807) is 21.0 Å². The third-order valence-corrected chi connectivity index (χ3v) is 2.48. The zero-order valence-corrected chi connectivity index (χ0v) is 9.93. The molecule has 0 aliphatic rings. The van der Waals surface area contributed by atoms with Gasteiger partial charge in [-0.3, -0.25) is 0 Å². The number of hydrogen-bond acceptors (Lipinski definition) is 4. The number of rotatable bonds is 5. The summed E-state index contributed by atoms with van der Waals surface area (Å²) >= 11 is 0. The van der Waals surface area contributed by atoms with Crippen molar-refractivity contribution in [2.45, 2.75) is 32.6 Å². The predicted molar refractivity (Wildman–Crippen MR) is 62.7 cm³/mol. The number of benzene rings is 1. The lowest BCUT2D eigenvalue weighted by Crippen LogP contribution is -2.26. The van der Waals surface area contributed by atoms with Crippen LogP contribution in [0.1, 0.15) is 19.4 Å². The number of para-hydroxylation sites is 1. The first-order chi connectivity index (χ1) is 7.60. The van der Waals surface area contributed by atoms with Crippen LogP contribution in [0.4, 0.5) is 0 Å². The highest BCUT2D eigenvalue weighted by Gasteiger charge is 2.16. The lowest BCUT2D eigenvalue weighted by molar-refractivity contribution is 0.0580. The Hall–Kier alpha value is -1.26. The quantitative estimate of drug-likeness (QED) is 0.792. The van der Waals surface area contributed by atoms with Gasteiger partial charge in [0.15, 0.2) is 11.5 Å². The molecular formula is C12H19NO3. The highest BCUT2D eigenvalue weighted by atomic mass is 16.5. The smallest absolute Gasteiger partial charge is 0.166 e. The minimum Gasteiger partial charge on any atom is -0.493 e. The van der Waals surface area contributed by atoms with E-state index in [4.69, 9.17) is 15.2 Å². The molecule has 0 bridgehead atoms. The van der Waals surface area contributed by atoms with E-state index in [0.29, 0.717) is 18.0 Å². The number of ether oxygens (including phenoxy) is 2. The maximum absolute atomic E-state index is 9.41. The van der Waals surface area contributed by atoms with Crippen molar-refractivity contribution in [1.29, 1.82) is 0 Å². The molecule has 2 atom stereocenters. The molecule has 0 aromatic heterocycles. The average Bonchev–Trinajstić information content (AvgIpc) is 2.29. The Bertz CT molecular complexity index is 317. The van der Waals surface area contributed by atoms with Gasteiger partial charge in [0.2, 0.25) is 0 Å². The highest BCUT2D eigenvalue weighted by molar-refractivity contribution is 5.46. The monoisotopic (exact) mass is 225 g/mol. The van der Waals surface area contributed by atoms with Crippen molar-refractivity contribution in [3.8, 4) is 11.5 Å². The van der Waals surface area contributed by atoms with Gasteiger partial charge in [-0.25, -0.2) is 0 Å². The maximum atomic E-state index is 9.41. The molecule has 0 amide bonds. The third-order valence-electron chi connectivity index (χ3n) is 2.48. The van der Waals surface area contributed by atoms with Crippen LogP contribution in [0.3, 0.4) is 0 Å². The van der Waals surface area contributed by atoms with E-state index in [9.17, 15) is 5.11 Å². The van der Waals surface area contributed by atoms with Crippen molar-refractivity contribution in [1.82, 2.24) is 0 Å². The van der Waals surface area contributed by atoms with Gasteiger partial charge in [-0.1, -0.05) is 12.1 Å². The first-order valence-electron chi connectivity index (χ1n) is 5.30. The van der Waals surface area contributed by atoms with Crippen LogP contribution in [0.15, 0.2) is 18.2 Å². The molecule has 16 heavy (non-hydrogen) atoms. The summed E-state index contributed by atoms with van der Waals surface area (Å²) < 4.78 is 10.9. The molecule has 1 aromatic carbocycles. The molecule has 0 heterocycles. The maximum Gasteiger partial charge on any atom is 0.166 e. The molecule has 1 rings (SSSR count). The summed E-state index contributed by atoms with van der Waals surface area (Å²) in [5.74, 6) is 1.25. The lowest BCUT2D eigenvalue weighted by Gasteiger charge is -2.21. The second kappa shape index (κ2) is 5.72. The summed E-state index contributed by atoms with van der Waals surface area (Å²) in [5.41, 5.74) is 6.50. The van der Waals surface area contributed by atoms with Crippen LogP contribution in [0.25, 0.3) is 0 Å². The van der Waals surface area contributed by atoms with E-state index < -0.39 is 6.10 Å². The molecule has 90 valence electrons. The largest absolute Gasteiger partial charge is 0.493 e. The van der Waals surface area contributed by atoms with Gasteiger partial charge in [0.25, 0.3) is 0 Å². The third kappa shape index (κ3) is 2.87. The Labute approximate surface area is 96.0 Å². The molecule has 2 unspecified atom stereocenters. The first kappa shape index (κ1) is 12.8. The summed E-state index contributed by atoms with van der Waals surface area (Å²) in [4.78, 5) is 0. The first-order valence-corrected chi connectivity index (χ1v) is 5.30. The molecule has 0 saturated heterocycles. The Balaban J connectivity index is 2.99. The topological polar surface area (TPSA) is 64.7 Å². The Morgan fingerprint density at radius 1 is 1.38 bits per heavy atom. The van der Waals surface area contributed by atoms with Gasteiger partial charge in [0.05, 0.1) is 13.2 Å². The van der Waals surface area contributed by atoms with Crippen molar-refractivity contribution in [3.05, 3.63) is 23.8 Å². The van der Waals surface area contributed by atoms with Gasteiger partial charge in [-0.2, -0.15) is 0 Å². The van der Waals surface area contributed by atoms with Crippen LogP contribution in [0.2, 0.25) is 0 Å². The summed E-state index contributed by atoms with van der Waals surface area (Å²) in [6.07, 6.45) is -0.850. The van der Waals surface area contributed by atoms with Gasteiger partial charge in [-0.05, 0) is 19.9 Å². The summed E-state index contributed by atoms with van der Waals surface area (Å²) in [5, 5.41) is 9.41. The number of nitrogens with two attached hydrogens (primary N) is 1. The average molecular weight is 225 g/mol. The molecule has 0 radical (unpaired) electrons. The lowest BCUT2D eigenvalue weighted by atomic mass is 10.1. The molecule has 0 aliphatic carbocycles. The fraction of sp³-hybridized carbons (Fsp3) is 0.500. The van der Waals surface area contributed by atoms with Crippen LogP contribution in [-0.4, -0.2) is 24.4 Å². The van der Waals surface area contributed by atoms with Crippen molar-refractivity contribution in [2.75, 3.05) is 7.11 Å². The standard InChI is InChI=1S/C12H19NO3/c1-8(14)9(2)16-12-10(7-13)5-4-6-11(12)15-3/h4-6,8-9,14H,7,13H2,1-3H3. The highest BCUT2D eigenvalue weighted by Crippen LogP contribution is 2.31. The molecule has 0 fully saturated rings. The molecule has 4 heteroatoms. The number of hydrogen-bond donors (Lipinski definition) is 2. The molecule has 0 aliphatic heterocycles. The minimum absolute atomic E-state index is 0.304. The fourth-order valence-electron chi connectivity index (χ4n) is 1.30. The summed E-state index contributed by atoms with van der Waals surface area (Å²) in [6, 6.07) is 5.55. The number of aliphatic hydroxyl groups is 1. The summed E-state index contributed by atoms with van der Waals surface area (Å²) in [7, 11) is 1.58. The Kier molecular flexibility index (Phi) is 4.58. The van der Waals surface area contributed by atoms with E-state index in [1.807, 2.05) is 18.2 Å². The molecule has 0 spiro atoms. The normalized spacial score (nSPS) is 14.3. The van der Waals surface area contributed by atoms with Gasteiger partial charge in [0, 0.05) is 12.1 Å². The van der Waals surface area contributed by atoms with Crippen LogP contribution in [0, 0.1) is 0 Å². The van der Waals surface area contributed by atoms with Crippen molar-refractivity contribution >= 4 is 0 Å². The van der Waals surface area contributed by atoms with Gasteiger partial charge in [-0.15, -0.1) is 0 Å². The van der Waals surface area contributed by atoms with E-state index in [0.717, 1.165) is 5.56 Å². The number of methoxy groups -OCH3 is 1. The Morgan fingerprint density at radius 2 is 2.06 bits per heavy atom. The fourth-order valence-corrected chi connectivity index (χ4v) is 1.30. The van der Waals surface area contributed by atoms with E-state index in [1.165, 1.54) is 0 Å². The minimum atomic E-state index is -0.546. The van der Waals surface area contributed by atoms with Gasteiger partial charge >= 0.3 is 0 Å². The molecular weight excluding hydrogens is 206 g/mol. The van der Waals surface area contributed by atoms with Crippen LogP contribution in [-0.2, 0) is 6.54 Å². The molecule has 1 aromatic rings. The molecule has 4 nitrogen and oxygen atoms in total. The summed E-state index contributed by atoms with van der Waals surface area (Å²) in [6.45, 7) is 3.86.